The van der Waals surface area contributed by atoms with Crippen LogP contribution in [0, 0.1) is 6.92 Å². The van der Waals surface area contributed by atoms with Crippen LogP contribution in [0.15, 0.2) is 55.0 Å². The fourth-order valence-corrected chi connectivity index (χ4v) is 4.93. The highest BCUT2D eigenvalue weighted by atomic mass is 32.1. The third-order valence-electron chi connectivity index (χ3n) is 5.70. The van der Waals surface area contributed by atoms with E-state index in [2.05, 4.69) is 62.5 Å². The number of aromatic nitrogens is 7. The molecule has 8 nitrogen and oxygen atoms in total. The Bertz CT molecular complexity index is 1630. The molecule has 0 fully saturated rings. The Labute approximate surface area is 199 Å². The minimum Gasteiger partial charge on any atom is -0.335 e. The van der Waals surface area contributed by atoms with Gasteiger partial charge in [-0.25, -0.2) is 15.0 Å². The van der Waals surface area contributed by atoms with E-state index in [1.54, 1.807) is 17.5 Å². The van der Waals surface area contributed by atoms with Crippen molar-refractivity contribution in [3.63, 3.8) is 0 Å². The summed E-state index contributed by atoms with van der Waals surface area (Å²) in [6.07, 6.45) is 5.51. The summed E-state index contributed by atoms with van der Waals surface area (Å²) in [7, 11) is 0. The van der Waals surface area contributed by atoms with Gasteiger partial charge in [-0.2, -0.15) is 5.10 Å². The number of aromatic amines is 2. The number of pyridine rings is 3. The first-order chi connectivity index (χ1) is 16.7. The first-order valence-electron chi connectivity index (χ1n) is 11.1. The molecule has 0 atom stereocenters. The molecule has 0 spiro atoms. The average molecular weight is 467 g/mol. The smallest absolute Gasteiger partial charge is 0.178 e. The quantitative estimate of drug-likeness (QED) is 0.315. The van der Waals surface area contributed by atoms with Crippen molar-refractivity contribution in [3.8, 4) is 33.2 Å². The first kappa shape index (κ1) is 20.6. The summed E-state index contributed by atoms with van der Waals surface area (Å²) in [6, 6.07) is 12.4. The summed E-state index contributed by atoms with van der Waals surface area (Å²) >= 11 is 1.75. The number of nitrogens with one attached hydrogen (secondary N) is 3. The molecule has 34 heavy (non-hydrogen) atoms. The Hall–Kier alpha value is -3.95. The number of imidazole rings is 1. The van der Waals surface area contributed by atoms with Crippen LogP contribution in [0.2, 0.25) is 0 Å². The van der Waals surface area contributed by atoms with Gasteiger partial charge in [0, 0.05) is 46.0 Å². The summed E-state index contributed by atoms with van der Waals surface area (Å²) in [6.45, 7) is 5.88. The molecule has 0 radical (unpaired) electrons. The largest absolute Gasteiger partial charge is 0.335 e. The van der Waals surface area contributed by atoms with Gasteiger partial charge in [-0.1, -0.05) is 6.92 Å². The summed E-state index contributed by atoms with van der Waals surface area (Å²) in [5.74, 6) is 0.637. The van der Waals surface area contributed by atoms with Crippen LogP contribution in [-0.2, 0) is 6.54 Å². The molecule has 6 aromatic heterocycles. The number of thiophene rings is 1. The molecule has 0 aromatic carbocycles. The SMILES string of the molecule is CCNCc1cncc(-c2ccc3[nH]nc(-c4nc5nccc(-c6ccc(C)s6)c5[nH]4)c3n2)c1. The van der Waals surface area contributed by atoms with Crippen LogP contribution in [0.5, 0.6) is 0 Å². The van der Waals surface area contributed by atoms with Crippen molar-refractivity contribution in [3.05, 3.63) is 65.4 Å². The molecule has 168 valence electrons. The molecule has 0 aliphatic carbocycles. The maximum absolute atomic E-state index is 4.92. The van der Waals surface area contributed by atoms with Crippen molar-refractivity contribution in [1.29, 1.82) is 0 Å². The molecule has 3 N–H and O–H groups in total. The number of nitrogens with zero attached hydrogens (tertiary/aromatic N) is 5. The highest BCUT2D eigenvalue weighted by molar-refractivity contribution is 7.15. The van der Waals surface area contributed by atoms with E-state index in [0.29, 0.717) is 17.2 Å². The standard InChI is InChI=1S/C25H22N8S/c1-3-26-11-15-10-16(13-27-12-15)18-5-6-19-22(29-18)23(33-32-19)25-30-21-17(8-9-28-24(21)31-25)20-7-4-14(2)34-20/h4-10,12-13,26H,3,11H2,1-2H3,(H,32,33)(H,28,30,31). The lowest BCUT2D eigenvalue weighted by Crippen LogP contribution is -2.11. The monoisotopic (exact) mass is 466 g/mol. The Morgan fingerprint density at radius 2 is 2.00 bits per heavy atom. The summed E-state index contributed by atoms with van der Waals surface area (Å²) in [4.78, 5) is 24.4. The molecule has 0 unspecified atom stereocenters. The zero-order valence-electron chi connectivity index (χ0n) is 18.8. The summed E-state index contributed by atoms with van der Waals surface area (Å²) in [5.41, 5.74) is 7.82. The van der Waals surface area contributed by atoms with Gasteiger partial charge in [0.05, 0.1) is 16.7 Å². The predicted octanol–water partition coefficient (Wildman–Crippen LogP) is 5.10. The lowest BCUT2D eigenvalue weighted by atomic mass is 10.1. The van der Waals surface area contributed by atoms with Gasteiger partial charge in [0.25, 0.3) is 0 Å². The lowest BCUT2D eigenvalue weighted by molar-refractivity contribution is 0.724. The second-order valence-electron chi connectivity index (χ2n) is 8.08. The zero-order valence-corrected chi connectivity index (χ0v) is 19.6. The Balaban J connectivity index is 1.44. The average Bonchev–Trinajstić information content (AvgIpc) is 3.59. The molecule has 6 aromatic rings. The lowest BCUT2D eigenvalue weighted by Gasteiger charge is -2.05. The highest BCUT2D eigenvalue weighted by Gasteiger charge is 2.18. The van der Waals surface area contributed by atoms with Crippen LogP contribution in [0.4, 0.5) is 0 Å². The Morgan fingerprint density at radius 3 is 2.85 bits per heavy atom. The molecule has 6 rings (SSSR count). The Kier molecular flexibility index (Phi) is 5.12. The van der Waals surface area contributed by atoms with Crippen molar-refractivity contribution in [2.45, 2.75) is 20.4 Å². The van der Waals surface area contributed by atoms with Gasteiger partial charge >= 0.3 is 0 Å². The van der Waals surface area contributed by atoms with Gasteiger partial charge in [-0.15, -0.1) is 11.3 Å². The number of rotatable bonds is 6. The maximum atomic E-state index is 4.92. The molecule has 0 bridgehead atoms. The Morgan fingerprint density at radius 1 is 1.06 bits per heavy atom. The number of aryl methyl sites for hydroxylation is 1. The second kappa shape index (κ2) is 8.44. The predicted molar refractivity (Wildman–Crippen MR) is 135 cm³/mol. The van der Waals surface area contributed by atoms with Crippen molar-refractivity contribution in [2.75, 3.05) is 6.54 Å². The molecular formula is C25H22N8S. The third kappa shape index (κ3) is 3.64. The molecule has 0 saturated heterocycles. The summed E-state index contributed by atoms with van der Waals surface area (Å²) < 4.78 is 0. The van der Waals surface area contributed by atoms with Crippen LogP contribution >= 0.6 is 11.3 Å². The second-order valence-corrected chi connectivity index (χ2v) is 9.37. The van der Waals surface area contributed by atoms with E-state index >= 15 is 0 Å². The van der Waals surface area contributed by atoms with Crippen molar-refractivity contribution >= 4 is 33.5 Å². The van der Waals surface area contributed by atoms with Crippen molar-refractivity contribution < 1.29 is 0 Å². The van der Waals surface area contributed by atoms with Gasteiger partial charge in [0.15, 0.2) is 17.2 Å². The van der Waals surface area contributed by atoms with Gasteiger partial charge < -0.3 is 10.3 Å². The van der Waals surface area contributed by atoms with E-state index in [1.165, 1.54) is 9.75 Å². The number of fused-ring (bicyclic) bond motifs is 2. The van der Waals surface area contributed by atoms with Crippen LogP contribution in [0.1, 0.15) is 17.4 Å². The molecule has 0 aliphatic rings. The molecule has 0 aliphatic heterocycles. The van der Waals surface area contributed by atoms with E-state index in [-0.39, 0.29) is 0 Å². The van der Waals surface area contributed by atoms with Gasteiger partial charge in [0.2, 0.25) is 0 Å². The topological polar surface area (TPSA) is 108 Å². The molecular weight excluding hydrogens is 444 g/mol. The van der Waals surface area contributed by atoms with E-state index < -0.39 is 0 Å². The van der Waals surface area contributed by atoms with Crippen LogP contribution in [0.3, 0.4) is 0 Å². The van der Waals surface area contributed by atoms with Crippen LogP contribution in [0.25, 0.3) is 55.4 Å². The number of H-pyrrole nitrogens is 2. The van der Waals surface area contributed by atoms with E-state index in [4.69, 9.17) is 9.97 Å². The number of hydrogen-bond donors (Lipinski definition) is 3. The van der Waals surface area contributed by atoms with E-state index in [9.17, 15) is 0 Å². The minimum atomic E-state index is 0.637. The molecule has 9 heteroatoms. The molecule has 0 saturated carbocycles. The van der Waals surface area contributed by atoms with Crippen molar-refractivity contribution in [2.24, 2.45) is 0 Å². The van der Waals surface area contributed by atoms with Gasteiger partial charge in [-0.3, -0.25) is 10.1 Å². The number of hydrogen-bond acceptors (Lipinski definition) is 7. The fourth-order valence-electron chi connectivity index (χ4n) is 4.03. The fraction of sp³-hybridized carbons (Fsp3) is 0.160. The van der Waals surface area contributed by atoms with E-state index in [0.717, 1.165) is 52.0 Å². The van der Waals surface area contributed by atoms with Crippen LogP contribution < -0.4 is 5.32 Å². The van der Waals surface area contributed by atoms with Crippen molar-refractivity contribution in [1.82, 2.24) is 40.4 Å². The van der Waals surface area contributed by atoms with Crippen LogP contribution in [-0.4, -0.2) is 41.7 Å². The van der Waals surface area contributed by atoms with Gasteiger partial charge in [0.1, 0.15) is 5.52 Å². The summed E-state index contributed by atoms with van der Waals surface area (Å²) in [5, 5.41) is 10.9. The normalized spacial score (nSPS) is 11.6. The zero-order chi connectivity index (χ0) is 23.1. The third-order valence-corrected chi connectivity index (χ3v) is 6.73. The van der Waals surface area contributed by atoms with Gasteiger partial charge in [-0.05, 0) is 55.4 Å². The maximum Gasteiger partial charge on any atom is 0.178 e. The highest BCUT2D eigenvalue weighted by Crippen LogP contribution is 2.34. The van der Waals surface area contributed by atoms with E-state index in [1.807, 2.05) is 30.6 Å². The first-order valence-corrected chi connectivity index (χ1v) is 11.9. The molecule has 6 heterocycles. The minimum absolute atomic E-state index is 0.637. The molecule has 0 amide bonds.